The SMILES string of the molecule is CCC(CSC)N(C)C(=O)c1ccoc1Br. The van der Waals surface area contributed by atoms with E-state index in [9.17, 15) is 4.79 Å². The lowest BCUT2D eigenvalue weighted by atomic mass is 10.2. The fraction of sp³-hybridized carbons (Fsp3) is 0.545. The van der Waals surface area contributed by atoms with E-state index >= 15 is 0 Å². The molecule has 16 heavy (non-hydrogen) atoms. The standard InChI is InChI=1S/C11H16BrNO2S/c1-4-8(7-16-3)13(2)11(14)9-5-6-15-10(9)12/h5-6,8H,4,7H2,1-3H3. The van der Waals surface area contributed by atoms with Crippen LogP contribution in [0.4, 0.5) is 0 Å². The summed E-state index contributed by atoms with van der Waals surface area (Å²) < 4.78 is 5.58. The maximum absolute atomic E-state index is 12.1. The maximum atomic E-state index is 12.1. The van der Waals surface area contributed by atoms with Gasteiger partial charge in [-0.2, -0.15) is 11.8 Å². The molecule has 1 aromatic heterocycles. The molecule has 0 bridgehead atoms. The Labute approximate surface area is 109 Å². The van der Waals surface area contributed by atoms with Gasteiger partial charge in [-0.25, -0.2) is 0 Å². The van der Waals surface area contributed by atoms with Crippen molar-refractivity contribution in [2.24, 2.45) is 0 Å². The van der Waals surface area contributed by atoms with Gasteiger partial charge < -0.3 is 9.32 Å². The van der Waals surface area contributed by atoms with E-state index in [1.165, 1.54) is 6.26 Å². The van der Waals surface area contributed by atoms with Gasteiger partial charge >= 0.3 is 0 Å². The fourth-order valence-corrected chi connectivity index (χ4v) is 2.75. The highest BCUT2D eigenvalue weighted by atomic mass is 79.9. The lowest BCUT2D eigenvalue weighted by Crippen LogP contribution is -2.38. The number of amides is 1. The lowest BCUT2D eigenvalue weighted by Gasteiger charge is -2.26. The third-order valence-electron chi connectivity index (χ3n) is 2.55. The molecule has 0 saturated carbocycles. The van der Waals surface area contributed by atoms with E-state index in [1.807, 2.05) is 7.05 Å². The van der Waals surface area contributed by atoms with Crippen molar-refractivity contribution in [1.29, 1.82) is 0 Å². The normalized spacial score (nSPS) is 12.5. The number of halogens is 1. The van der Waals surface area contributed by atoms with Crippen LogP contribution in [0.5, 0.6) is 0 Å². The van der Waals surface area contributed by atoms with Crippen LogP contribution >= 0.6 is 27.7 Å². The summed E-state index contributed by atoms with van der Waals surface area (Å²) in [6.07, 6.45) is 4.52. The summed E-state index contributed by atoms with van der Waals surface area (Å²) in [6, 6.07) is 1.96. The molecule has 0 aliphatic rings. The monoisotopic (exact) mass is 305 g/mol. The number of hydrogen-bond donors (Lipinski definition) is 0. The topological polar surface area (TPSA) is 33.5 Å². The molecule has 3 nitrogen and oxygen atoms in total. The third-order valence-corrected chi connectivity index (χ3v) is 3.88. The van der Waals surface area contributed by atoms with Crippen LogP contribution in [0.3, 0.4) is 0 Å². The van der Waals surface area contributed by atoms with Gasteiger partial charge in [0, 0.05) is 18.8 Å². The zero-order valence-corrected chi connectivity index (χ0v) is 12.1. The Morgan fingerprint density at radius 1 is 1.69 bits per heavy atom. The zero-order chi connectivity index (χ0) is 12.1. The van der Waals surface area contributed by atoms with E-state index in [1.54, 1.807) is 22.7 Å². The van der Waals surface area contributed by atoms with Crippen LogP contribution in [0, 0.1) is 0 Å². The molecule has 90 valence electrons. The van der Waals surface area contributed by atoms with E-state index in [-0.39, 0.29) is 11.9 Å². The Hall–Kier alpha value is -0.420. The quantitative estimate of drug-likeness (QED) is 0.837. The smallest absolute Gasteiger partial charge is 0.258 e. The Balaban J connectivity index is 2.77. The molecule has 0 aromatic carbocycles. The fourth-order valence-electron chi connectivity index (χ4n) is 1.50. The van der Waals surface area contributed by atoms with Crippen molar-refractivity contribution in [3.05, 3.63) is 22.6 Å². The summed E-state index contributed by atoms with van der Waals surface area (Å²) in [6.45, 7) is 2.09. The molecular weight excluding hydrogens is 290 g/mol. The van der Waals surface area contributed by atoms with Crippen molar-refractivity contribution in [2.45, 2.75) is 19.4 Å². The first-order valence-corrected chi connectivity index (χ1v) is 7.29. The molecule has 5 heteroatoms. The summed E-state index contributed by atoms with van der Waals surface area (Å²) in [5.41, 5.74) is 0.585. The van der Waals surface area contributed by atoms with Crippen LogP contribution in [0.15, 0.2) is 21.4 Å². The molecule has 1 aromatic rings. The van der Waals surface area contributed by atoms with Gasteiger partial charge in [0.1, 0.15) is 0 Å². The van der Waals surface area contributed by atoms with Crippen molar-refractivity contribution >= 4 is 33.6 Å². The molecule has 0 aliphatic carbocycles. The Bertz CT molecular complexity index is 354. The van der Waals surface area contributed by atoms with Crippen LogP contribution in [0.2, 0.25) is 0 Å². The van der Waals surface area contributed by atoms with Crippen molar-refractivity contribution < 1.29 is 9.21 Å². The Morgan fingerprint density at radius 3 is 2.81 bits per heavy atom. The van der Waals surface area contributed by atoms with Gasteiger partial charge in [-0.05, 0) is 34.7 Å². The number of hydrogen-bond acceptors (Lipinski definition) is 3. The van der Waals surface area contributed by atoms with Gasteiger partial charge in [0.05, 0.1) is 11.8 Å². The minimum Gasteiger partial charge on any atom is -0.457 e. The summed E-state index contributed by atoms with van der Waals surface area (Å²) >= 11 is 4.98. The van der Waals surface area contributed by atoms with Crippen molar-refractivity contribution in [1.82, 2.24) is 4.90 Å². The summed E-state index contributed by atoms with van der Waals surface area (Å²) in [4.78, 5) is 13.9. The van der Waals surface area contributed by atoms with E-state index in [4.69, 9.17) is 4.42 Å². The average molecular weight is 306 g/mol. The molecule has 0 spiro atoms. The van der Waals surface area contributed by atoms with Crippen LogP contribution in [-0.2, 0) is 0 Å². The summed E-state index contributed by atoms with van der Waals surface area (Å²) in [7, 11) is 1.84. The van der Waals surface area contributed by atoms with E-state index in [0.29, 0.717) is 10.2 Å². The van der Waals surface area contributed by atoms with Gasteiger partial charge in [-0.15, -0.1) is 0 Å². The summed E-state index contributed by atoms with van der Waals surface area (Å²) in [5, 5.41) is 0. The minimum atomic E-state index is 0.00141. The number of nitrogens with zero attached hydrogens (tertiary/aromatic N) is 1. The molecular formula is C11H16BrNO2S. The summed E-state index contributed by atoms with van der Waals surface area (Å²) in [5.74, 6) is 0.954. The van der Waals surface area contributed by atoms with Crippen LogP contribution < -0.4 is 0 Å². The van der Waals surface area contributed by atoms with Crippen molar-refractivity contribution in [2.75, 3.05) is 19.1 Å². The van der Waals surface area contributed by atoms with Gasteiger partial charge in [0.2, 0.25) is 0 Å². The van der Waals surface area contributed by atoms with Gasteiger partial charge in [0.25, 0.3) is 5.91 Å². The van der Waals surface area contributed by atoms with E-state index in [2.05, 4.69) is 29.1 Å². The Morgan fingerprint density at radius 2 is 2.38 bits per heavy atom. The highest BCUT2D eigenvalue weighted by Crippen LogP contribution is 2.20. The van der Waals surface area contributed by atoms with Crippen molar-refractivity contribution in [3.63, 3.8) is 0 Å². The second-order valence-corrected chi connectivity index (χ2v) is 5.17. The largest absolute Gasteiger partial charge is 0.457 e. The first kappa shape index (κ1) is 13.6. The first-order valence-electron chi connectivity index (χ1n) is 5.10. The number of thioether (sulfide) groups is 1. The Kier molecular flexibility index (Phi) is 5.41. The predicted octanol–water partition coefficient (Wildman–Crippen LogP) is 3.26. The number of carbonyl (C=O) groups is 1. The number of rotatable bonds is 5. The highest BCUT2D eigenvalue weighted by Gasteiger charge is 2.22. The molecule has 1 amide bonds. The lowest BCUT2D eigenvalue weighted by molar-refractivity contribution is 0.0741. The van der Waals surface area contributed by atoms with Gasteiger partial charge in [-0.3, -0.25) is 4.79 Å². The first-order chi connectivity index (χ1) is 7.61. The highest BCUT2D eigenvalue weighted by molar-refractivity contribution is 9.10. The molecule has 0 radical (unpaired) electrons. The molecule has 0 fully saturated rings. The molecule has 0 aliphatic heterocycles. The number of furan rings is 1. The molecule has 1 rings (SSSR count). The van der Waals surface area contributed by atoms with E-state index in [0.717, 1.165) is 12.2 Å². The molecule has 0 N–H and O–H groups in total. The van der Waals surface area contributed by atoms with Gasteiger partial charge in [-0.1, -0.05) is 6.92 Å². The van der Waals surface area contributed by atoms with Crippen molar-refractivity contribution in [3.8, 4) is 0 Å². The third kappa shape index (κ3) is 3.04. The molecule has 0 saturated heterocycles. The van der Waals surface area contributed by atoms with Gasteiger partial charge in [0.15, 0.2) is 4.67 Å². The minimum absolute atomic E-state index is 0.00141. The van der Waals surface area contributed by atoms with Crippen LogP contribution in [0.25, 0.3) is 0 Å². The number of carbonyl (C=O) groups excluding carboxylic acids is 1. The maximum Gasteiger partial charge on any atom is 0.258 e. The second kappa shape index (κ2) is 6.35. The zero-order valence-electron chi connectivity index (χ0n) is 9.70. The van der Waals surface area contributed by atoms with E-state index < -0.39 is 0 Å². The van der Waals surface area contributed by atoms with Crippen LogP contribution in [-0.4, -0.2) is 35.9 Å². The molecule has 1 unspecified atom stereocenters. The average Bonchev–Trinajstić information content (AvgIpc) is 2.70. The molecule has 1 heterocycles. The van der Waals surface area contributed by atoms with Crippen LogP contribution in [0.1, 0.15) is 23.7 Å². The predicted molar refractivity (Wildman–Crippen MR) is 71.0 cm³/mol. The molecule has 1 atom stereocenters. The second-order valence-electron chi connectivity index (χ2n) is 3.54.